The van der Waals surface area contributed by atoms with Crippen molar-refractivity contribution < 1.29 is 23.9 Å². The maximum atomic E-state index is 12.4. The van der Waals surface area contributed by atoms with Gasteiger partial charge in [-0.3, -0.25) is 19.2 Å². The second-order valence-corrected chi connectivity index (χ2v) is 6.14. The lowest BCUT2D eigenvalue weighted by atomic mass is 9.98. The molecule has 8 nitrogen and oxygen atoms in total. The molecule has 134 valence electrons. The molecule has 0 saturated carbocycles. The fraction of sp³-hybridized carbons (Fsp3) is 0.750. The van der Waals surface area contributed by atoms with Crippen LogP contribution in [0.1, 0.15) is 26.7 Å². The molecule has 0 N–H and O–H groups in total. The van der Waals surface area contributed by atoms with E-state index in [0.717, 1.165) is 0 Å². The van der Waals surface area contributed by atoms with E-state index in [-0.39, 0.29) is 24.3 Å². The van der Waals surface area contributed by atoms with Crippen LogP contribution in [-0.2, 0) is 23.9 Å². The van der Waals surface area contributed by atoms with Crippen LogP contribution in [0.15, 0.2) is 0 Å². The van der Waals surface area contributed by atoms with Crippen LogP contribution < -0.4 is 0 Å². The summed E-state index contributed by atoms with van der Waals surface area (Å²) >= 11 is 0. The third-order valence-electron chi connectivity index (χ3n) is 4.52. The number of hydrogen-bond acceptors (Lipinski definition) is 5. The van der Waals surface area contributed by atoms with Crippen LogP contribution in [0.4, 0.5) is 0 Å². The first-order valence-corrected chi connectivity index (χ1v) is 8.44. The number of rotatable bonds is 2. The number of nitrogens with zero attached hydrogens (tertiary/aromatic N) is 3. The van der Waals surface area contributed by atoms with Gasteiger partial charge in [-0.2, -0.15) is 0 Å². The molecule has 8 heteroatoms. The highest BCUT2D eigenvalue weighted by molar-refractivity contribution is 6.35. The fourth-order valence-corrected chi connectivity index (χ4v) is 3.11. The zero-order chi connectivity index (χ0) is 17.7. The summed E-state index contributed by atoms with van der Waals surface area (Å²) in [6.07, 6.45) is 1.36. The first-order chi connectivity index (χ1) is 11.4. The van der Waals surface area contributed by atoms with Gasteiger partial charge in [0.1, 0.15) is 0 Å². The molecular weight excluding hydrogens is 314 g/mol. The summed E-state index contributed by atoms with van der Waals surface area (Å²) in [6, 6.07) is 0. The third kappa shape index (κ3) is 4.24. The molecule has 2 fully saturated rings. The van der Waals surface area contributed by atoms with Crippen LogP contribution in [0, 0.1) is 5.92 Å². The molecule has 0 aromatic heterocycles. The molecule has 2 heterocycles. The van der Waals surface area contributed by atoms with Crippen molar-refractivity contribution in [2.45, 2.75) is 26.7 Å². The molecule has 0 aromatic rings. The van der Waals surface area contributed by atoms with Crippen molar-refractivity contribution >= 4 is 23.7 Å². The lowest BCUT2D eigenvalue weighted by Crippen LogP contribution is -2.55. The standard InChI is InChI=1S/C16H25N3O5/c1-3-24-16(23)13-5-4-6-19(11-13)15(22)14(21)18-9-7-17(8-10-18)12(2)20/h13H,3-11H2,1-2H3. The second-order valence-electron chi connectivity index (χ2n) is 6.14. The Labute approximate surface area is 141 Å². The number of amides is 3. The Kier molecular flexibility index (Phi) is 6.16. The summed E-state index contributed by atoms with van der Waals surface area (Å²) in [5.74, 6) is -1.81. The van der Waals surface area contributed by atoms with E-state index >= 15 is 0 Å². The van der Waals surface area contributed by atoms with Gasteiger partial charge in [-0.05, 0) is 19.8 Å². The van der Waals surface area contributed by atoms with Crippen molar-refractivity contribution in [2.24, 2.45) is 5.92 Å². The predicted octanol–water partition coefficient (Wildman–Crippen LogP) is -0.521. The Morgan fingerprint density at radius 1 is 0.917 bits per heavy atom. The number of likely N-dealkylation sites (tertiary alicyclic amines) is 1. The topological polar surface area (TPSA) is 87.2 Å². The van der Waals surface area contributed by atoms with Gasteiger partial charge in [0.15, 0.2) is 0 Å². The molecular formula is C16H25N3O5. The van der Waals surface area contributed by atoms with Crippen molar-refractivity contribution in [3.05, 3.63) is 0 Å². The van der Waals surface area contributed by atoms with Crippen LogP contribution in [0.3, 0.4) is 0 Å². The molecule has 0 spiro atoms. The maximum absolute atomic E-state index is 12.4. The van der Waals surface area contributed by atoms with Crippen LogP contribution in [0.5, 0.6) is 0 Å². The van der Waals surface area contributed by atoms with E-state index in [1.807, 2.05) is 0 Å². The van der Waals surface area contributed by atoms with E-state index in [1.165, 1.54) is 16.7 Å². The smallest absolute Gasteiger partial charge is 0.312 e. The zero-order valence-electron chi connectivity index (χ0n) is 14.3. The molecule has 24 heavy (non-hydrogen) atoms. The molecule has 0 aromatic carbocycles. The van der Waals surface area contributed by atoms with Gasteiger partial charge >= 0.3 is 17.8 Å². The second kappa shape index (κ2) is 8.12. The van der Waals surface area contributed by atoms with Crippen molar-refractivity contribution in [2.75, 3.05) is 45.9 Å². The largest absolute Gasteiger partial charge is 0.466 e. The molecule has 0 radical (unpaired) electrons. The highest BCUT2D eigenvalue weighted by Gasteiger charge is 2.34. The lowest BCUT2D eigenvalue weighted by molar-refractivity contribution is -0.157. The minimum atomic E-state index is -0.569. The van der Waals surface area contributed by atoms with E-state index in [1.54, 1.807) is 11.8 Å². The Morgan fingerprint density at radius 3 is 2.08 bits per heavy atom. The quantitative estimate of drug-likeness (QED) is 0.499. The summed E-state index contributed by atoms with van der Waals surface area (Å²) < 4.78 is 5.01. The number of esters is 1. The summed E-state index contributed by atoms with van der Waals surface area (Å²) in [6.45, 7) is 5.87. The Morgan fingerprint density at radius 2 is 1.50 bits per heavy atom. The maximum Gasteiger partial charge on any atom is 0.312 e. The molecule has 2 aliphatic rings. The van der Waals surface area contributed by atoms with Gasteiger partial charge in [-0.1, -0.05) is 0 Å². The van der Waals surface area contributed by atoms with Crippen molar-refractivity contribution in [1.82, 2.24) is 14.7 Å². The fourth-order valence-electron chi connectivity index (χ4n) is 3.11. The average molecular weight is 339 g/mol. The third-order valence-corrected chi connectivity index (χ3v) is 4.52. The highest BCUT2D eigenvalue weighted by Crippen LogP contribution is 2.18. The van der Waals surface area contributed by atoms with Crippen molar-refractivity contribution in [3.63, 3.8) is 0 Å². The SMILES string of the molecule is CCOC(=O)C1CCCN(C(=O)C(=O)N2CCN(C(C)=O)CC2)C1. The van der Waals surface area contributed by atoms with E-state index in [9.17, 15) is 19.2 Å². The van der Waals surface area contributed by atoms with Crippen LogP contribution in [-0.4, -0.2) is 84.3 Å². The minimum Gasteiger partial charge on any atom is -0.466 e. The van der Waals surface area contributed by atoms with E-state index in [2.05, 4.69) is 0 Å². The molecule has 2 rings (SSSR count). The lowest BCUT2D eigenvalue weighted by Gasteiger charge is -2.36. The first-order valence-electron chi connectivity index (χ1n) is 8.44. The molecule has 3 amide bonds. The van der Waals surface area contributed by atoms with Crippen molar-refractivity contribution in [3.8, 4) is 0 Å². The number of carbonyl (C=O) groups excluding carboxylic acids is 4. The van der Waals surface area contributed by atoms with E-state index < -0.39 is 11.8 Å². The normalized spacial score (nSPS) is 21.4. The van der Waals surface area contributed by atoms with Gasteiger partial charge in [-0.25, -0.2) is 0 Å². The predicted molar refractivity (Wildman–Crippen MR) is 84.8 cm³/mol. The Balaban J connectivity index is 1.90. The monoisotopic (exact) mass is 339 g/mol. The summed E-state index contributed by atoms with van der Waals surface area (Å²) in [4.78, 5) is 52.6. The number of hydrogen-bond donors (Lipinski definition) is 0. The molecule has 0 bridgehead atoms. The van der Waals surface area contributed by atoms with Crippen molar-refractivity contribution in [1.29, 1.82) is 0 Å². The summed E-state index contributed by atoms with van der Waals surface area (Å²) in [5.41, 5.74) is 0. The molecule has 1 unspecified atom stereocenters. The summed E-state index contributed by atoms with van der Waals surface area (Å²) in [7, 11) is 0. The van der Waals surface area contributed by atoms with Gasteiger partial charge < -0.3 is 19.4 Å². The van der Waals surface area contributed by atoms with Crippen LogP contribution in [0.25, 0.3) is 0 Å². The van der Waals surface area contributed by atoms with Gasteiger partial charge in [-0.15, -0.1) is 0 Å². The van der Waals surface area contributed by atoms with Crippen LogP contribution >= 0.6 is 0 Å². The van der Waals surface area contributed by atoms with Gasteiger partial charge in [0.2, 0.25) is 5.91 Å². The number of ether oxygens (including phenoxy) is 1. The zero-order valence-corrected chi connectivity index (χ0v) is 14.3. The minimum absolute atomic E-state index is 0.0262. The van der Waals surface area contributed by atoms with Gasteiger partial charge in [0.05, 0.1) is 12.5 Å². The number of piperazine rings is 1. The van der Waals surface area contributed by atoms with E-state index in [4.69, 9.17) is 4.74 Å². The average Bonchev–Trinajstić information content (AvgIpc) is 2.61. The molecule has 0 aliphatic carbocycles. The number of piperidine rings is 1. The first kappa shape index (κ1) is 18.2. The Bertz CT molecular complexity index is 514. The Hall–Kier alpha value is -2.12. The van der Waals surface area contributed by atoms with Gasteiger partial charge in [0, 0.05) is 46.2 Å². The molecule has 1 atom stereocenters. The summed E-state index contributed by atoms with van der Waals surface area (Å²) in [5, 5.41) is 0. The molecule has 2 saturated heterocycles. The van der Waals surface area contributed by atoms with Gasteiger partial charge in [0.25, 0.3) is 0 Å². The van der Waals surface area contributed by atoms with Crippen LogP contribution in [0.2, 0.25) is 0 Å². The molecule has 2 aliphatic heterocycles. The van der Waals surface area contributed by atoms with E-state index in [0.29, 0.717) is 52.2 Å². The number of carbonyl (C=O) groups is 4. The highest BCUT2D eigenvalue weighted by atomic mass is 16.5.